The van der Waals surface area contributed by atoms with Crippen molar-refractivity contribution in [2.45, 2.75) is 45.8 Å². The molecule has 0 unspecified atom stereocenters. The third kappa shape index (κ3) is 6.59. The van der Waals surface area contributed by atoms with Crippen molar-refractivity contribution < 1.29 is 23.4 Å². The van der Waals surface area contributed by atoms with Crippen LogP contribution < -0.4 is 15.2 Å². The van der Waals surface area contributed by atoms with Gasteiger partial charge in [0.25, 0.3) is 0 Å². The fraction of sp³-hybridized carbons (Fsp3) is 0.345. The molecule has 1 aromatic carbocycles. The summed E-state index contributed by atoms with van der Waals surface area (Å²) in [5.74, 6) is 0.415. The number of hydrogen-bond acceptors (Lipinski definition) is 7. The molecule has 1 aliphatic heterocycles. The van der Waals surface area contributed by atoms with E-state index in [0.717, 1.165) is 5.57 Å². The Bertz CT molecular complexity index is 1460. The predicted octanol–water partition coefficient (Wildman–Crippen LogP) is 7.34. The average Bonchev–Trinajstić information content (AvgIpc) is 2.91. The molecule has 11 heteroatoms. The van der Waals surface area contributed by atoms with Crippen LogP contribution in [0.2, 0.25) is 10.0 Å². The zero-order valence-corrected chi connectivity index (χ0v) is 24.4. The molecule has 212 valence electrons. The quantitative estimate of drug-likeness (QED) is 0.300. The molecule has 0 bridgehead atoms. The van der Waals surface area contributed by atoms with Gasteiger partial charge in [0, 0.05) is 35.4 Å². The fourth-order valence-corrected chi connectivity index (χ4v) is 4.91. The number of pyridine rings is 2. The highest BCUT2D eigenvalue weighted by atomic mass is 35.5. The maximum atomic E-state index is 14.1. The SMILES string of the molecule is COc1ccc(-c2cnc(N)c(O[C@H](C)c3c(Cl)ccc(F)c3Cl)c2)nc1C1=CCN(C(=O)OC(C)(C)C)CC1. The topological polar surface area (TPSA) is 99.8 Å². The Morgan fingerprint density at radius 3 is 2.58 bits per heavy atom. The third-order valence-electron chi connectivity index (χ3n) is 6.21. The number of nitrogens with zero attached hydrogens (tertiary/aromatic N) is 3. The minimum absolute atomic E-state index is 0.116. The number of anilines is 1. The van der Waals surface area contributed by atoms with Crippen molar-refractivity contribution in [3.8, 4) is 22.8 Å². The number of rotatable bonds is 6. The number of amides is 1. The molecule has 0 aliphatic carbocycles. The second-order valence-corrected chi connectivity index (χ2v) is 11.1. The monoisotopic (exact) mass is 588 g/mol. The Hall–Kier alpha value is -3.56. The van der Waals surface area contributed by atoms with Crippen LogP contribution in [0, 0.1) is 5.82 Å². The Labute approximate surface area is 242 Å². The Morgan fingerprint density at radius 1 is 1.18 bits per heavy atom. The molecule has 0 saturated heterocycles. The van der Waals surface area contributed by atoms with Crippen LogP contribution >= 0.6 is 23.2 Å². The van der Waals surface area contributed by atoms with Crippen LogP contribution in [0.5, 0.6) is 11.5 Å². The number of hydrogen-bond donors (Lipinski definition) is 1. The molecular weight excluding hydrogens is 558 g/mol. The lowest BCUT2D eigenvalue weighted by Gasteiger charge is -2.29. The van der Waals surface area contributed by atoms with Crippen molar-refractivity contribution in [2.24, 2.45) is 0 Å². The van der Waals surface area contributed by atoms with E-state index in [1.807, 2.05) is 32.9 Å². The number of carbonyl (C=O) groups excluding carboxylic acids is 1. The highest BCUT2D eigenvalue weighted by molar-refractivity contribution is 6.36. The number of aromatic nitrogens is 2. The molecule has 0 saturated carbocycles. The first-order valence-electron chi connectivity index (χ1n) is 12.7. The van der Waals surface area contributed by atoms with E-state index in [4.69, 9.17) is 48.1 Å². The summed E-state index contributed by atoms with van der Waals surface area (Å²) in [5.41, 5.74) is 8.70. The fourth-order valence-electron chi connectivity index (χ4n) is 4.23. The molecule has 1 aliphatic rings. The standard InChI is InChI=1S/C29H31Cl2FN4O4/c1-16(24-19(30)6-7-20(32)25(24)31)39-23-14-18(15-34-27(23)33)21-8-9-22(38-5)26(35-21)17-10-12-36(13-11-17)28(37)40-29(2,3)4/h6-10,14-16H,11-13H2,1-5H3,(H2,33,34)/t16-/m1/s1. The van der Waals surface area contributed by atoms with E-state index in [0.29, 0.717) is 47.8 Å². The van der Waals surface area contributed by atoms with Gasteiger partial charge < -0.3 is 24.8 Å². The summed E-state index contributed by atoms with van der Waals surface area (Å²) in [5, 5.41) is 0.157. The molecule has 0 spiro atoms. The van der Waals surface area contributed by atoms with E-state index < -0.39 is 17.5 Å². The van der Waals surface area contributed by atoms with Crippen molar-refractivity contribution in [1.29, 1.82) is 0 Å². The number of halogens is 3. The van der Waals surface area contributed by atoms with Crippen LogP contribution in [-0.2, 0) is 4.74 Å². The van der Waals surface area contributed by atoms with Gasteiger partial charge in [0.05, 0.1) is 17.8 Å². The predicted molar refractivity (Wildman–Crippen MR) is 154 cm³/mol. The Kier molecular flexibility index (Phi) is 8.75. The lowest BCUT2D eigenvalue weighted by atomic mass is 10.0. The summed E-state index contributed by atoms with van der Waals surface area (Å²) in [4.78, 5) is 23.3. The van der Waals surface area contributed by atoms with Gasteiger partial charge in [0.1, 0.15) is 29.0 Å². The lowest BCUT2D eigenvalue weighted by Crippen LogP contribution is -2.39. The minimum atomic E-state index is -0.713. The van der Waals surface area contributed by atoms with Crippen LogP contribution in [0.4, 0.5) is 15.0 Å². The van der Waals surface area contributed by atoms with Crippen LogP contribution in [0.15, 0.2) is 42.6 Å². The third-order valence-corrected chi connectivity index (χ3v) is 6.92. The van der Waals surface area contributed by atoms with Gasteiger partial charge in [0.15, 0.2) is 11.6 Å². The second-order valence-electron chi connectivity index (χ2n) is 10.3. The lowest BCUT2D eigenvalue weighted by molar-refractivity contribution is 0.0270. The smallest absolute Gasteiger partial charge is 0.410 e. The van der Waals surface area contributed by atoms with E-state index >= 15 is 0 Å². The first-order valence-corrected chi connectivity index (χ1v) is 13.4. The summed E-state index contributed by atoms with van der Waals surface area (Å²) in [6.45, 7) is 8.09. The van der Waals surface area contributed by atoms with E-state index in [-0.39, 0.29) is 27.7 Å². The van der Waals surface area contributed by atoms with Gasteiger partial charge in [-0.3, -0.25) is 0 Å². The molecule has 1 amide bonds. The molecule has 40 heavy (non-hydrogen) atoms. The molecule has 0 radical (unpaired) electrons. The molecule has 2 aromatic heterocycles. The number of carbonyl (C=O) groups is 1. The zero-order valence-electron chi connectivity index (χ0n) is 22.9. The number of nitrogen functional groups attached to an aromatic ring is 1. The summed E-state index contributed by atoms with van der Waals surface area (Å²) >= 11 is 12.4. The van der Waals surface area contributed by atoms with Crippen LogP contribution in [0.3, 0.4) is 0 Å². The van der Waals surface area contributed by atoms with E-state index in [1.165, 1.54) is 12.1 Å². The molecule has 3 heterocycles. The van der Waals surface area contributed by atoms with Crippen LogP contribution in [0.1, 0.15) is 51.5 Å². The van der Waals surface area contributed by atoms with Gasteiger partial charge in [-0.25, -0.2) is 19.2 Å². The molecular formula is C29H31Cl2FN4O4. The number of benzene rings is 1. The summed E-state index contributed by atoms with van der Waals surface area (Å²) in [6.07, 6.45) is 3.05. The molecule has 3 aromatic rings. The molecule has 2 N–H and O–H groups in total. The van der Waals surface area contributed by atoms with Gasteiger partial charge >= 0.3 is 6.09 Å². The van der Waals surface area contributed by atoms with Crippen molar-refractivity contribution in [1.82, 2.24) is 14.9 Å². The summed E-state index contributed by atoms with van der Waals surface area (Å²) in [7, 11) is 1.58. The van der Waals surface area contributed by atoms with Gasteiger partial charge in [-0.05, 0) is 70.0 Å². The van der Waals surface area contributed by atoms with Crippen molar-refractivity contribution in [3.63, 3.8) is 0 Å². The highest BCUT2D eigenvalue weighted by Gasteiger charge is 2.26. The number of nitrogens with two attached hydrogens (primary N) is 1. The molecule has 4 rings (SSSR count). The second kappa shape index (κ2) is 11.9. The summed E-state index contributed by atoms with van der Waals surface area (Å²) < 4.78 is 31.2. The number of ether oxygens (including phenoxy) is 3. The minimum Gasteiger partial charge on any atom is -0.494 e. The number of methoxy groups -OCH3 is 1. The first kappa shape index (κ1) is 29.4. The van der Waals surface area contributed by atoms with Crippen LogP contribution in [0.25, 0.3) is 16.8 Å². The Balaban J connectivity index is 1.60. The average molecular weight is 589 g/mol. The molecule has 8 nitrogen and oxygen atoms in total. The molecule has 1 atom stereocenters. The van der Waals surface area contributed by atoms with E-state index in [1.54, 1.807) is 37.3 Å². The van der Waals surface area contributed by atoms with Gasteiger partial charge in [-0.1, -0.05) is 29.3 Å². The van der Waals surface area contributed by atoms with Crippen molar-refractivity contribution >= 4 is 40.7 Å². The zero-order chi connectivity index (χ0) is 29.2. The summed E-state index contributed by atoms with van der Waals surface area (Å²) in [6, 6.07) is 7.95. The van der Waals surface area contributed by atoms with E-state index in [9.17, 15) is 9.18 Å². The highest BCUT2D eigenvalue weighted by Crippen LogP contribution is 2.38. The van der Waals surface area contributed by atoms with Crippen molar-refractivity contribution in [3.05, 3.63) is 69.7 Å². The maximum Gasteiger partial charge on any atom is 0.410 e. The van der Waals surface area contributed by atoms with Gasteiger partial charge in [-0.2, -0.15) is 0 Å². The first-order chi connectivity index (χ1) is 18.9. The Morgan fingerprint density at radius 2 is 1.93 bits per heavy atom. The van der Waals surface area contributed by atoms with E-state index in [2.05, 4.69) is 4.98 Å². The van der Waals surface area contributed by atoms with Crippen molar-refractivity contribution in [2.75, 3.05) is 25.9 Å². The normalized spacial score (nSPS) is 14.4. The maximum absolute atomic E-state index is 14.1. The van der Waals surface area contributed by atoms with Crippen LogP contribution in [-0.4, -0.2) is 46.8 Å². The van der Waals surface area contributed by atoms with Gasteiger partial charge in [-0.15, -0.1) is 0 Å². The largest absolute Gasteiger partial charge is 0.494 e. The molecule has 0 fully saturated rings. The van der Waals surface area contributed by atoms with Gasteiger partial charge in [0.2, 0.25) is 0 Å².